The van der Waals surface area contributed by atoms with E-state index in [4.69, 9.17) is 9.84 Å². The minimum atomic E-state index is -0.349. The third-order valence-electron chi connectivity index (χ3n) is 2.80. The molecule has 0 bridgehead atoms. The molecule has 2 N–H and O–H groups in total. The van der Waals surface area contributed by atoms with Gasteiger partial charge in [-0.2, -0.15) is 0 Å². The van der Waals surface area contributed by atoms with Gasteiger partial charge in [-0.05, 0) is 17.7 Å². The Morgan fingerprint density at radius 1 is 1.32 bits per heavy atom. The number of ether oxygens (including phenoxy) is 1. The fourth-order valence-electron chi connectivity index (χ4n) is 1.75. The molecule has 0 aliphatic heterocycles. The molecule has 0 spiro atoms. The van der Waals surface area contributed by atoms with Gasteiger partial charge in [0, 0.05) is 6.54 Å². The molecule has 0 aliphatic carbocycles. The van der Waals surface area contributed by atoms with Gasteiger partial charge in [-0.1, -0.05) is 17.3 Å². The van der Waals surface area contributed by atoms with Gasteiger partial charge < -0.3 is 15.2 Å². The Hall–Kier alpha value is -2.32. The van der Waals surface area contributed by atoms with Crippen LogP contribution in [-0.2, 0) is 11.3 Å². The van der Waals surface area contributed by atoms with Crippen LogP contribution >= 0.6 is 0 Å². The second-order valence-corrected chi connectivity index (χ2v) is 4.52. The molecule has 0 radical (unpaired) electrons. The van der Waals surface area contributed by atoms with E-state index >= 15 is 0 Å². The molecule has 22 heavy (non-hydrogen) atoms. The fraction of sp³-hybridized carbons (Fsp3) is 0.357. The van der Waals surface area contributed by atoms with Crippen molar-refractivity contribution in [3.05, 3.63) is 47.5 Å². The lowest BCUT2D eigenvalue weighted by Crippen LogP contribution is -2.27. The van der Waals surface area contributed by atoms with Gasteiger partial charge in [-0.15, -0.1) is 5.10 Å². The van der Waals surface area contributed by atoms with Gasteiger partial charge in [0.05, 0.1) is 32.6 Å². The lowest BCUT2D eigenvalue weighted by molar-refractivity contribution is 0.0835. The Kier molecular flexibility index (Phi) is 5.99. The van der Waals surface area contributed by atoms with E-state index in [0.717, 1.165) is 5.56 Å². The molecule has 0 aliphatic rings. The minimum Gasteiger partial charge on any atom is -0.394 e. The number of aliphatic hydroxyl groups is 1. The standard InChI is InChI=1S/C14H17FN4O3/c15-12-3-1-11(2-4-12)9-19-10-13(17-18-19)14(21)16-5-7-22-8-6-20/h1-4,10,20H,5-9H2,(H,16,21). The number of hydrogen-bond acceptors (Lipinski definition) is 5. The van der Waals surface area contributed by atoms with E-state index < -0.39 is 0 Å². The van der Waals surface area contributed by atoms with Crippen molar-refractivity contribution in [2.24, 2.45) is 0 Å². The molecule has 0 saturated carbocycles. The zero-order valence-corrected chi connectivity index (χ0v) is 11.9. The van der Waals surface area contributed by atoms with E-state index in [1.54, 1.807) is 12.1 Å². The second-order valence-electron chi connectivity index (χ2n) is 4.52. The quantitative estimate of drug-likeness (QED) is 0.680. The third-order valence-corrected chi connectivity index (χ3v) is 2.80. The Labute approximate surface area is 126 Å². The molecule has 1 aromatic carbocycles. The Morgan fingerprint density at radius 2 is 2.09 bits per heavy atom. The Morgan fingerprint density at radius 3 is 2.82 bits per heavy atom. The molecule has 1 heterocycles. The first-order valence-electron chi connectivity index (χ1n) is 6.80. The predicted molar refractivity (Wildman–Crippen MR) is 75.8 cm³/mol. The molecule has 1 aromatic heterocycles. The zero-order chi connectivity index (χ0) is 15.8. The summed E-state index contributed by atoms with van der Waals surface area (Å²) < 4.78 is 19.4. The van der Waals surface area contributed by atoms with Crippen LogP contribution in [0.5, 0.6) is 0 Å². The molecular weight excluding hydrogens is 291 g/mol. The van der Waals surface area contributed by atoms with Crippen molar-refractivity contribution >= 4 is 5.91 Å². The fourth-order valence-corrected chi connectivity index (χ4v) is 1.75. The Balaban J connectivity index is 1.82. The van der Waals surface area contributed by atoms with Crippen molar-refractivity contribution in [1.82, 2.24) is 20.3 Å². The van der Waals surface area contributed by atoms with Gasteiger partial charge in [0.2, 0.25) is 0 Å². The number of nitrogens with zero attached hydrogens (tertiary/aromatic N) is 3. The molecule has 0 saturated heterocycles. The number of aliphatic hydroxyl groups excluding tert-OH is 1. The molecule has 0 fully saturated rings. The second kappa shape index (κ2) is 8.20. The van der Waals surface area contributed by atoms with Crippen LogP contribution in [0.2, 0.25) is 0 Å². The number of halogens is 1. The van der Waals surface area contributed by atoms with E-state index in [2.05, 4.69) is 15.6 Å². The molecule has 8 heteroatoms. The summed E-state index contributed by atoms with van der Waals surface area (Å²) in [7, 11) is 0. The number of benzene rings is 1. The number of nitrogens with one attached hydrogen (secondary N) is 1. The van der Waals surface area contributed by atoms with E-state index in [1.807, 2.05) is 0 Å². The van der Waals surface area contributed by atoms with Gasteiger partial charge >= 0.3 is 0 Å². The van der Waals surface area contributed by atoms with Crippen LogP contribution in [0.25, 0.3) is 0 Å². The van der Waals surface area contributed by atoms with E-state index in [9.17, 15) is 9.18 Å². The smallest absolute Gasteiger partial charge is 0.273 e. The topological polar surface area (TPSA) is 89.3 Å². The molecular formula is C14H17FN4O3. The highest BCUT2D eigenvalue weighted by atomic mass is 19.1. The normalized spacial score (nSPS) is 10.6. The summed E-state index contributed by atoms with van der Waals surface area (Å²) in [6.45, 7) is 1.23. The van der Waals surface area contributed by atoms with Gasteiger partial charge in [0.1, 0.15) is 5.82 Å². The summed E-state index contributed by atoms with van der Waals surface area (Å²) >= 11 is 0. The maximum atomic E-state index is 12.8. The molecule has 118 valence electrons. The van der Waals surface area contributed by atoms with Crippen LogP contribution in [0.4, 0.5) is 4.39 Å². The van der Waals surface area contributed by atoms with Gasteiger partial charge in [-0.3, -0.25) is 4.79 Å². The number of carbonyl (C=O) groups is 1. The van der Waals surface area contributed by atoms with Crippen LogP contribution in [0, 0.1) is 5.82 Å². The first kappa shape index (κ1) is 16.1. The number of hydrogen-bond donors (Lipinski definition) is 2. The number of amides is 1. The van der Waals surface area contributed by atoms with Crippen molar-refractivity contribution in [2.75, 3.05) is 26.4 Å². The summed E-state index contributed by atoms with van der Waals surface area (Å²) in [5, 5.41) is 18.8. The first-order chi connectivity index (χ1) is 10.7. The summed E-state index contributed by atoms with van der Waals surface area (Å²) in [5.41, 5.74) is 1.06. The lowest BCUT2D eigenvalue weighted by Gasteiger charge is -2.03. The highest BCUT2D eigenvalue weighted by Gasteiger charge is 2.10. The summed E-state index contributed by atoms with van der Waals surface area (Å²) in [6, 6.07) is 6.03. The first-order valence-corrected chi connectivity index (χ1v) is 6.80. The predicted octanol–water partition coefficient (Wildman–Crippen LogP) is 0.204. The molecule has 2 aromatic rings. The van der Waals surface area contributed by atoms with Crippen LogP contribution in [-0.4, -0.2) is 52.4 Å². The highest BCUT2D eigenvalue weighted by molar-refractivity contribution is 5.91. The van der Waals surface area contributed by atoms with Crippen LogP contribution in [0.3, 0.4) is 0 Å². The molecule has 0 atom stereocenters. The number of rotatable bonds is 8. The van der Waals surface area contributed by atoms with Crippen molar-refractivity contribution in [1.29, 1.82) is 0 Å². The van der Waals surface area contributed by atoms with Crippen LogP contribution < -0.4 is 5.32 Å². The highest BCUT2D eigenvalue weighted by Crippen LogP contribution is 2.05. The van der Waals surface area contributed by atoms with Crippen molar-refractivity contribution in [3.63, 3.8) is 0 Å². The van der Waals surface area contributed by atoms with Gasteiger partial charge in [-0.25, -0.2) is 9.07 Å². The average molecular weight is 308 g/mol. The van der Waals surface area contributed by atoms with Crippen LogP contribution in [0.15, 0.2) is 30.5 Å². The minimum absolute atomic E-state index is 0.0499. The molecule has 7 nitrogen and oxygen atoms in total. The Bertz CT molecular complexity index is 600. The maximum absolute atomic E-state index is 12.8. The summed E-state index contributed by atoms with van der Waals surface area (Å²) in [5.74, 6) is -0.649. The summed E-state index contributed by atoms with van der Waals surface area (Å²) in [6.07, 6.45) is 1.52. The number of carbonyl (C=O) groups excluding carboxylic acids is 1. The lowest BCUT2D eigenvalue weighted by atomic mass is 10.2. The van der Waals surface area contributed by atoms with Gasteiger partial charge in [0.25, 0.3) is 5.91 Å². The summed E-state index contributed by atoms with van der Waals surface area (Å²) in [4.78, 5) is 11.8. The third kappa shape index (κ3) is 4.90. The molecule has 1 amide bonds. The van der Waals surface area contributed by atoms with E-state index in [0.29, 0.717) is 19.7 Å². The maximum Gasteiger partial charge on any atom is 0.273 e. The van der Waals surface area contributed by atoms with E-state index in [1.165, 1.54) is 23.0 Å². The average Bonchev–Trinajstić information content (AvgIpc) is 2.98. The molecule has 2 rings (SSSR count). The van der Waals surface area contributed by atoms with Crippen LogP contribution in [0.1, 0.15) is 16.1 Å². The SMILES string of the molecule is O=C(NCCOCCO)c1cn(Cc2ccc(F)cc2)nn1. The van der Waals surface area contributed by atoms with Crippen molar-refractivity contribution in [2.45, 2.75) is 6.54 Å². The zero-order valence-electron chi connectivity index (χ0n) is 11.9. The van der Waals surface area contributed by atoms with Gasteiger partial charge in [0.15, 0.2) is 5.69 Å². The monoisotopic (exact) mass is 308 g/mol. The van der Waals surface area contributed by atoms with Crippen molar-refractivity contribution in [3.8, 4) is 0 Å². The molecule has 0 unspecified atom stereocenters. The largest absolute Gasteiger partial charge is 0.394 e. The number of aromatic nitrogens is 3. The van der Waals surface area contributed by atoms with Crippen molar-refractivity contribution < 1.29 is 19.0 Å². The van der Waals surface area contributed by atoms with E-state index in [-0.39, 0.29) is 30.6 Å².